The summed E-state index contributed by atoms with van der Waals surface area (Å²) < 4.78 is 18.4. The van der Waals surface area contributed by atoms with E-state index in [0.717, 1.165) is 39.6 Å². The van der Waals surface area contributed by atoms with E-state index < -0.39 is 0 Å². The number of hydrogen-bond acceptors (Lipinski definition) is 5. The van der Waals surface area contributed by atoms with Crippen molar-refractivity contribution in [1.29, 1.82) is 0 Å². The molecule has 0 spiro atoms. The van der Waals surface area contributed by atoms with Crippen LogP contribution in [-0.4, -0.2) is 31.9 Å². The molecule has 4 rings (SSSR count). The van der Waals surface area contributed by atoms with Crippen molar-refractivity contribution < 1.29 is 18.8 Å². The Morgan fingerprint density at radius 2 is 1.53 bits per heavy atom. The summed E-state index contributed by atoms with van der Waals surface area (Å²) in [7, 11) is 4.99. The average molecular weight is 404 g/mol. The van der Waals surface area contributed by atoms with Crippen LogP contribution in [0.15, 0.2) is 60.7 Å². The number of nitrogens with one attached hydrogen (secondary N) is 1. The Morgan fingerprint density at radius 3 is 2.17 bits per heavy atom. The minimum atomic E-state index is 0.575. The van der Waals surface area contributed by atoms with E-state index in [1.165, 1.54) is 5.56 Å². The molecule has 1 aliphatic rings. The normalized spacial score (nSPS) is 12.8. The number of ether oxygens (including phenoxy) is 3. The molecule has 6 heteroatoms. The Balaban J connectivity index is 1.61. The lowest BCUT2D eigenvalue weighted by atomic mass is 10.0. The summed E-state index contributed by atoms with van der Waals surface area (Å²) in [5, 5.41) is 3.35. The van der Waals surface area contributed by atoms with E-state index in [2.05, 4.69) is 40.2 Å². The first-order valence-electron chi connectivity index (χ1n) is 9.74. The largest absolute Gasteiger partial charge is 0.497 e. The van der Waals surface area contributed by atoms with Gasteiger partial charge in [0.05, 0.1) is 40.0 Å². The highest BCUT2D eigenvalue weighted by Crippen LogP contribution is 2.32. The summed E-state index contributed by atoms with van der Waals surface area (Å²) >= 11 is 0. The number of nitrogens with two attached hydrogens (primary N) is 1. The molecule has 0 bridgehead atoms. The summed E-state index contributed by atoms with van der Waals surface area (Å²) in [4.78, 5) is 0. The van der Waals surface area contributed by atoms with Gasteiger partial charge in [-0.2, -0.15) is 0 Å². The van der Waals surface area contributed by atoms with E-state index in [4.69, 9.17) is 19.9 Å². The first-order chi connectivity index (χ1) is 14.6. The van der Waals surface area contributed by atoms with Crippen LogP contribution in [-0.2, 0) is 13.1 Å². The standard InChI is InChI=1S/C24H25N3O3/c1-28-19-11-9-16(10-12-19)17-7-8-18-14-27(24(25)26-21(18)13-17)15-20-22(29-2)5-4-6-23(20)30-3/h4-13H,14-15H2,1-3H3,(H2,25,26)/p+1. The molecular formula is C24H26N3O3+. The van der Waals surface area contributed by atoms with Crippen LogP contribution in [0.1, 0.15) is 11.1 Å². The van der Waals surface area contributed by atoms with Crippen molar-refractivity contribution in [2.45, 2.75) is 13.1 Å². The molecule has 3 aromatic rings. The summed E-state index contributed by atoms with van der Waals surface area (Å²) in [6.45, 7) is 1.27. The molecule has 30 heavy (non-hydrogen) atoms. The average Bonchev–Trinajstić information content (AvgIpc) is 2.79. The molecule has 154 valence electrons. The van der Waals surface area contributed by atoms with Crippen LogP contribution in [0.2, 0.25) is 0 Å². The third-order valence-corrected chi connectivity index (χ3v) is 5.38. The molecule has 1 heterocycles. The van der Waals surface area contributed by atoms with Crippen LogP contribution >= 0.6 is 0 Å². The Bertz CT molecular complexity index is 1070. The number of nitrogens with zero attached hydrogens (tertiary/aromatic N) is 1. The van der Waals surface area contributed by atoms with E-state index in [1.54, 1.807) is 21.3 Å². The molecule has 0 radical (unpaired) electrons. The van der Waals surface area contributed by atoms with Crippen molar-refractivity contribution in [3.05, 3.63) is 71.8 Å². The van der Waals surface area contributed by atoms with Crippen molar-refractivity contribution in [2.24, 2.45) is 5.73 Å². The van der Waals surface area contributed by atoms with Gasteiger partial charge in [-0.3, -0.25) is 10.3 Å². The fourth-order valence-electron chi connectivity index (χ4n) is 3.72. The van der Waals surface area contributed by atoms with Crippen molar-refractivity contribution in [3.8, 4) is 28.4 Å². The Hall–Kier alpha value is -3.67. The van der Waals surface area contributed by atoms with Gasteiger partial charge in [-0.15, -0.1) is 0 Å². The maximum atomic E-state index is 6.38. The van der Waals surface area contributed by atoms with Crippen LogP contribution in [0, 0.1) is 0 Å². The van der Waals surface area contributed by atoms with Gasteiger partial charge in [0.1, 0.15) is 22.9 Å². The van der Waals surface area contributed by atoms with Crippen LogP contribution < -0.4 is 25.3 Å². The third-order valence-electron chi connectivity index (χ3n) is 5.38. The van der Waals surface area contributed by atoms with Gasteiger partial charge in [0.25, 0.3) is 0 Å². The number of anilines is 1. The zero-order valence-corrected chi connectivity index (χ0v) is 17.4. The molecule has 0 saturated carbocycles. The fraction of sp³-hybridized carbons (Fsp3) is 0.208. The molecule has 6 nitrogen and oxygen atoms in total. The van der Waals surface area contributed by atoms with Gasteiger partial charge in [0.15, 0.2) is 0 Å². The number of hydrogen-bond donors (Lipinski definition) is 2. The summed E-state index contributed by atoms with van der Waals surface area (Å²) in [6.07, 6.45) is 0. The molecule has 3 aromatic carbocycles. The van der Waals surface area contributed by atoms with Crippen molar-refractivity contribution in [1.82, 2.24) is 0 Å². The maximum absolute atomic E-state index is 6.38. The lowest BCUT2D eigenvalue weighted by molar-refractivity contribution is -0.562. The topological polar surface area (TPSA) is 68.8 Å². The number of fused-ring (bicyclic) bond motifs is 1. The molecule has 0 aliphatic carbocycles. The van der Waals surface area contributed by atoms with Crippen molar-refractivity contribution >= 4 is 11.6 Å². The van der Waals surface area contributed by atoms with Crippen LogP contribution in [0.3, 0.4) is 0 Å². The van der Waals surface area contributed by atoms with E-state index in [-0.39, 0.29) is 0 Å². The Morgan fingerprint density at radius 1 is 0.867 bits per heavy atom. The SMILES string of the molecule is COc1ccc(-c2ccc3c(c2)NC(N)=[N+](Cc2c(OC)cccc2OC)C3)cc1. The number of rotatable bonds is 6. The highest BCUT2D eigenvalue weighted by Gasteiger charge is 2.23. The van der Waals surface area contributed by atoms with Gasteiger partial charge in [-0.1, -0.05) is 30.3 Å². The van der Waals surface area contributed by atoms with E-state index in [9.17, 15) is 0 Å². The Kier molecular flexibility index (Phi) is 5.48. The second-order valence-corrected chi connectivity index (χ2v) is 7.11. The zero-order chi connectivity index (χ0) is 21.1. The second kappa shape index (κ2) is 8.37. The summed E-state index contributed by atoms with van der Waals surface area (Å²) in [5.41, 5.74) is 11.8. The molecule has 3 N–H and O–H groups in total. The number of methoxy groups -OCH3 is 3. The van der Waals surface area contributed by atoms with Crippen molar-refractivity contribution in [3.63, 3.8) is 0 Å². The minimum absolute atomic E-state index is 0.575. The predicted molar refractivity (Wildman–Crippen MR) is 118 cm³/mol. The third kappa shape index (κ3) is 3.76. The highest BCUT2D eigenvalue weighted by molar-refractivity contribution is 5.91. The molecule has 1 aliphatic heterocycles. The van der Waals surface area contributed by atoms with Gasteiger partial charge in [0.2, 0.25) is 0 Å². The molecule has 0 saturated heterocycles. The van der Waals surface area contributed by atoms with Gasteiger partial charge in [0, 0.05) is 5.56 Å². The first-order valence-corrected chi connectivity index (χ1v) is 9.74. The molecule has 0 amide bonds. The quantitative estimate of drug-likeness (QED) is 0.611. The number of benzene rings is 3. The molecular weight excluding hydrogens is 378 g/mol. The lowest BCUT2D eigenvalue weighted by Crippen LogP contribution is -2.38. The van der Waals surface area contributed by atoms with E-state index in [0.29, 0.717) is 19.0 Å². The summed E-state index contributed by atoms with van der Waals surface area (Å²) in [5.74, 6) is 3.00. The van der Waals surface area contributed by atoms with Gasteiger partial charge < -0.3 is 14.2 Å². The monoisotopic (exact) mass is 404 g/mol. The first kappa shape index (κ1) is 19.6. The van der Waals surface area contributed by atoms with Gasteiger partial charge in [-0.05, 0) is 41.5 Å². The summed E-state index contributed by atoms with van der Waals surface area (Å²) in [6, 6.07) is 20.2. The van der Waals surface area contributed by atoms with Crippen LogP contribution in [0.5, 0.6) is 17.2 Å². The minimum Gasteiger partial charge on any atom is -0.497 e. The fourth-order valence-corrected chi connectivity index (χ4v) is 3.72. The second-order valence-electron chi connectivity index (χ2n) is 7.11. The lowest BCUT2D eigenvalue weighted by Gasteiger charge is -2.21. The van der Waals surface area contributed by atoms with E-state index >= 15 is 0 Å². The van der Waals surface area contributed by atoms with Gasteiger partial charge in [-0.25, -0.2) is 5.32 Å². The van der Waals surface area contributed by atoms with Crippen LogP contribution in [0.25, 0.3) is 11.1 Å². The Labute approximate surface area is 176 Å². The highest BCUT2D eigenvalue weighted by atomic mass is 16.5. The molecule has 0 aromatic heterocycles. The zero-order valence-electron chi connectivity index (χ0n) is 17.4. The smallest absolute Gasteiger partial charge is 0.348 e. The van der Waals surface area contributed by atoms with Crippen molar-refractivity contribution in [2.75, 3.05) is 26.6 Å². The maximum Gasteiger partial charge on any atom is 0.348 e. The molecule has 0 fully saturated rings. The van der Waals surface area contributed by atoms with E-state index in [1.807, 2.05) is 30.3 Å². The molecule has 0 atom stereocenters. The number of guanidine groups is 1. The van der Waals surface area contributed by atoms with Crippen LogP contribution in [0.4, 0.5) is 5.69 Å². The predicted octanol–water partition coefficient (Wildman–Crippen LogP) is 3.83. The van der Waals surface area contributed by atoms with Gasteiger partial charge >= 0.3 is 5.96 Å². The molecule has 0 unspecified atom stereocenters.